The molecule has 0 aliphatic heterocycles. The normalized spacial score (nSPS) is 8.36. The van der Waals surface area contributed by atoms with Gasteiger partial charge >= 0.3 is 0 Å². The average molecular weight is 154 g/mol. The van der Waals surface area contributed by atoms with Crippen LogP contribution in [0, 0.1) is 0 Å². The minimum Gasteiger partial charge on any atom is -0.412 e. The lowest BCUT2D eigenvalue weighted by atomic mass is 10.3. The number of carbonyl (C=O) groups is 1. The number of rotatable bonds is 2. The maximum absolute atomic E-state index is 10.4. The lowest BCUT2D eigenvalue weighted by Gasteiger charge is -1.92. The van der Waals surface area contributed by atoms with Crippen LogP contribution in [0.2, 0.25) is 0 Å². The minimum absolute atomic E-state index is 0. The van der Waals surface area contributed by atoms with Crippen LogP contribution in [-0.2, 0) is 11.2 Å². The number of primary amides is 1. The first-order valence-corrected chi connectivity index (χ1v) is 2.97. The van der Waals surface area contributed by atoms with Gasteiger partial charge in [0.05, 0.1) is 6.42 Å². The molecule has 0 aromatic carbocycles. The molecular formula is C7H10N2O2. The molecule has 1 aromatic rings. The van der Waals surface area contributed by atoms with Crippen LogP contribution < -0.4 is 5.73 Å². The largest absolute Gasteiger partial charge is 0.412 e. The zero-order chi connectivity index (χ0) is 7.40. The molecular weight excluding hydrogens is 144 g/mol. The first-order valence-electron chi connectivity index (χ1n) is 2.97. The van der Waals surface area contributed by atoms with Gasteiger partial charge in [0.1, 0.15) is 0 Å². The van der Waals surface area contributed by atoms with E-state index in [2.05, 4.69) is 4.98 Å². The van der Waals surface area contributed by atoms with E-state index in [4.69, 9.17) is 5.73 Å². The second-order valence-corrected chi connectivity index (χ2v) is 1.96. The second kappa shape index (κ2) is 4.40. The Morgan fingerprint density at radius 1 is 1.55 bits per heavy atom. The Morgan fingerprint density at radius 3 is 2.73 bits per heavy atom. The number of nitrogens with two attached hydrogens (primary N) is 1. The topological polar surface area (TPSA) is 87.5 Å². The SMILES string of the molecule is NC(=O)Cc1ccccn1.O. The fourth-order valence-corrected chi connectivity index (χ4v) is 0.681. The van der Waals surface area contributed by atoms with Crippen LogP contribution in [0.25, 0.3) is 0 Å². The highest BCUT2D eigenvalue weighted by atomic mass is 16.1. The predicted octanol–water partition coefficient (Wildman–Crippen LogP) is -0.715. The van der Waals surface area contributed by atoms with Gasteiger partial charge in [-0.3, -0.25) is 9.78 Å². The van der Waals surface area contributed by atoms with Crippen LogP contribution in [0.1, 0.15) is 5.69 Å². The molecule has 0 aliphatic carbocycles. The highest BCUT2D eigenvalue weighted by Crippen LogP contribution is 1.92. The van der Waals surface area contributed by atoms with Gasteiger partial charge in [0.2, 0.25) is 5.91 Å². The molecule has 60 valence electrons. The van der Waals surface area contributed by atoms with Crippen molar-refractivity contribution in [1.82, 2.24) is 4.98 Å². The summed E-state index contributed by atoms with van der Waals surface area (Å²) < 4.78 is 0. The van der Waals surface area contributed by atoms with E-state index in [9.17, 15) is 4.79 Å². The van der Waals surface area contributed by atoms with E-state index in [-0.39, 0.29) is 17.8 Å². The van der Waals surface area contributed by atoms with Crippen molar-refractivity contribution in [3.05, 3.63) is 30.1 Å². The summed E-state index contributed by atoms with van der Waals surface area (Å²) in [6, 6.07) is 5.39. The third-order valence-corrected chi connectivity index (χ3v) is 1.08. The van der Waals surface area contributed by atoms with Crippen LogP contribution in [0.3, 0.4) is 0 Å². The highest BCUT2D eigenvalue weighted by molar-refractivity contribution is 5.75. The van der Waals surface area contributed by atoms with Crippen LogP contribution in [0.5, 0.6) is 0 Å². The van der Waals surface area contributed by atoms with Crippen LogP contribution in [-0.4, -0.2) is 16.4 Å². The van der Waals surface area contributed by atoms with Gasteiger partial charge in [-0.1, -0.05) is 6.07 Å². The number of pyridine rings is 1. The van der Waals surface area contributed by atoms with Crippen LogP contribution in [0.4, 0.5) is 0 Å². The lowest BCUT2D eigenvalue weighted by Crippen LogP contribution is -2.14. The van der Waals surface area contributed by atoms with Crippen molar-refractivity contribution in [3.63, 3.8) is 0 Å². The van der Waals surface area contributed by atoms with Gasteiger partial charge in [0.25, 0.3) is 0 Å². The van der Waals surface area contributed by atoms with E-state index < -0.39 is 0 Å². The Balaban J connectivity index is 0.000001000. The molecule has 0 fully saturated rings. The molecule has 0 bridgehead atoms. The third kappa shape index (κ3) is 3.32. The molecule has 4 heteroatoms. The van der Waals surface area contributed by atoms with Crippen LogP contribution in [0.15, 0.2) is 24.4 Å². The quantitative estimate of drug-likeness (QED) is 0.609. The van der Waals surface area contributed by atoms with E-state index in [1.165, 1.54) is 0 Å². The Kier molecular flexibility index (Phi) is 3.84. The zero-order valence-corrected chi connectivity index (χ0v) is 5.95. The van der Waals surface area contributed by atoms with Gasteiger partial charge < -0.3 is 11.2 Å². The fourth-order valence-electron chi connectivity index (χ4n) is 0.681. The summed E-state index contributed by atoms with van der Waals surface area (Å²) >= 11 is 0. The van der Waals surface area contributed by atoms with Crippen molar-refractivity contribution in [2.75, 3.05) is 0 Å². The van der Waals surface area contributed by atoms with Crippen molar-refractivity contribution in [2.24, 2.45) is 5.73 Å². The Morgan fingerprint density at radius 2 is 2.27 bits per heavy atom. The first-order chi connectivity index (χ1) is 4.79. The first kappa shape index (κ1) is 9.58. The zero-order valence-electron chi connectivity index (χ0n) is 5.95. The predicted molar refractivity (Wildman–Crippen MR) is 40.7 cm³/mol. The number of nitrogens with zero attached hydrogens (tertiary/aromatic N) is 1. The summed E-state index contributed by atoms with van der Waals surface area (Å²) in [6.07, 6.45) is 1.86. The highest BCUT2D eigenvalue weighted by Gasteiger charge is 1.95. The Hall–Kier alpha value is -1.42. The molecule has 0 unspecified atom stereocenters. The van der Waals surface area contributed by atoms with Crippen molar-refractivity contribution in [1.29, 1.82) is 0 Å². The number of hydrogen-bond donors (Lipinski definition) is 1. The van der Waals surface area contributed by atoms with Crippen molar-refractivity contribution >= 4 is 5.91 Å². The summed E-state index contributed by atoms with van der Waals surface area (Å²) in [5, 5.41) is 0. The number of amides is 1. The molecule has 0 saturated heterocycles. The molecule has 1 aromatic heterocycles. The monoisotopic (exact) mass is 154 g/mol. The Labute approximate surface area is 64.4 Å². The molecule has 0 aliphatic rings. The maximum Gasteiger partial charge on any atom is 0.223 e. The summed E-state index contributed by atoms with van der Waals surface area (Å²) in [7, 11) is 0. The maximum atomic E-state index is 10.4. The average Bonchev–Trinajstić information content (AvgIpc) is 1.88. The summed E-state index contributed by atoms with van der Waals surface area (Å²) in [5.41, 5.74) is 5.66. The second-order valence-electron chi connectivity index (χ2n) is 1.96. The molecule has 1 rings (SSSR count). The fraction of sp³-hybridized carbons (Fsp3) is 0.143. The van der Waals surface area contributed by atoms with Crippen molar-refractivity contribution in [2.45, 2.75) is 6.42 Å². The minimum atomic E-state index is -0.348. The number of carbonyl (C=O) groups excluding carboxylic acids is 1. The Bertz CT molecular complexity index is 223. The van der Waals surface area contributed by atoms with E-state index >= 15 is 0 Å². The molecule has 0 spiro atoms. The number of hydrogen-bond acceptors (Lipinski definition) is 2. The number of aromatic nitrogens is 1. The summed E-state index contributed by atoms with van der Waals surface area (Å²) in [5.74, 6) is -0.348. The van der Waals surface area contributed by atoms with Crippen LogP contribution >= 0.6 is 0 Å². The molecule has 0 atom stereocenters. The van der Waals surface area contributed by atoms with Gasteiger partial charge in [-0.25, -0.2) is 0 Å². The molecule has 0 radical (unpaired) electrons. The molecule has 4 nitrogen and oxygen atoms in total. The summed E-state index contributed by atoms with van der Waals surface area (Å²) in [6.45, 7) is 0. The molecule has 11 heavy (non-hydrogen) atoms. The standard InChI is InChI=1S/C7H8N2O.H2O/c8-7(10)5-6-3-1-2-4-9-6;/h1-4H,5H2,(H2,8,10);1H2. The smallest absolute Gasteiger partial charge is 0.223 e. The molecule has 1 amide bonds. The van der Waals surface area contributed by atoms with Gasteiger partial charge in [0, 0.05) is 11.9 Å². The van der Waals surface area contributed by atoms with E-state index in [1.807, 2.05) is 6.07 Å². The third-order valence-electron chi connectivity index (χ3n) is 1.08. The molecule has 4 N–H and O–H groups in total. The van der Waals surface area contributed by atoms with Gasteiger partial charge in [-0.2, -0.15) is 0 Å². The summed E-state index contributed by atoms with van der Waals surface area (Å²) in [4.78, 5) is 14.3. The van der Waals surface area contributed by atoms with E-state index in [1.54, 1.807) is 18.3 Å². The lowest BCUT2D eigenvalue weighted by molar-refractivity contribution is -0.117. The molecule has 0 saturated carbocycles. The molecule has 1 heterocycles. The van der Waals surface area contributed by atoms with Gasteiger partial charge in [0.15, 0.2) is 0 Å². The van der Waals surface area contributed by atoms with E-state index in [0.29, 0.717) is 0 Å². The van der Waals surface area contributed by atoms with Crippen molar-refractivity contribution < 1.29 is 10.3 Å². The van der Waals surface area contributed by atoms with E-state index in [0.717, 1.165) is 5.69 Å². The van der Waals surface area contributed by atoms with Gasteiger partial charge in [-0.15, -0.1) is 0 Å². The van der Waals surface area contributed by atoms with Crippen molar-refractivity contribution in [3.8, 4) is 0 Å². The van der Waals surface area contributed by atoms with Gasteiger partial charge in [-0.05, 0) is 12.1 Å².